The third-order valence-electron chi connectivity index (χ3n) is 5.74. The Hall–Kier alpha value is -2.14. The van der Waals surface area contributed by atoms with Crippen molar-refractivity contribution in [3.05, 3.63) is 34.4 Å². The van der Waals surface area contributed by atoms with Crippen LogP contribution < -0.4 is 11.1 Å². The van der Waals surface area contributed by atoms with Gasteiger partial charge in [-0.05, 0) is 38.4 Å². The van der Waals surface area contributed by atoms with Gasteiger partial charge in [0.1, 0.15) is 28.7 Å². The second-order valence-corrected chi connectivity index (χ2v) is 7.97. The molecular formula is C18H20ClF5N4O2. The fraction of sp³-hybridized carbons (Fsp3) is 0.556. The number of likely N-dealkylation sites (tertiary alicyclic amines) is 1. The van der Waals surface area contributed by atoms with E-state index in [1.165, 1.54) is 7.05 Å². The van der Waals surface area contributed by atoms with Crippen molar-refractivity contribution in [3.8, 4) is 0 Å². The molecule has 4 atom stereocenters. The van der Waals surface area contributed by atoms with Crippen LogP contribution in [0.5, 0.6) is 0 Å². The number of nitrogens with two attached hydrogens (primary N) is 1. The van der Waals surface area contributed by atoms with Crippen molar-refractivity contribution in [3.63, 3.8) is 0 Å². The predicted octanol–water partition coefficient (Wildman–Crippen LogP) is 2.81. The van der Waals surface area contributed by atoms with E-state index in [-0.39, 0.29) is 25.1 Å². The van der Waals surface area contributed by atoms with E-state index in [0.29, 0.717) is 0 Å². The van der Waals surface area contributed by atoms with E-state index in [9.17, 15) is 31.5 Å². The van der Waals surface area contributed by atoms with Gasteiger partial charge in [0.25, 0.3) is 0 Å². The third kappa shape index (κ3) is 4.18. The summed E-state index contributed by atoms with van der Waals surface area (Å²) in [6.07, 6.45) is -4.72. The maximum Gasteiger partial charge on any atom is 0.404 e. The van der Waals surface area contributed by atoms with Gasteiger partial charge in [-0.15, -0.1) is 0 Å². The number of urea groups is 1. The Labute approximate surface area is 174 Å². The van der Waals surface area contributed by atoms with Crippen LogP contribution in [0.25, 0.3) is 0 Å². The second-order valence-electron chi connectivity index (χ2n) is 7.59. The molecule has 0 bridgehead atoms. The molecule has 0 radical (unpaired) electrons. The molecular weight excluding hydrogens is 435 g/mol. The van der Waals surface area contributed by atoms with Crippen LogP contribution in [0.15, 0.2) is 12.1 Å². The molecule has 3 amide bonds. The standard InChI is InChI=1S/C18H20ClF5N4O2/c1-27-5-4-8(6-12(27)18(22,23)24)15(9-2-3-10(20)13(19)14(9)21)28-7-11(16(25)29)26-17(28)30/h2-3,8,11-12,15H,4-7H2,1H3,(H2,25,29)(H,26,30)/t8-,11?,12-,15-/m1/s1. The lowest BCUT2D eigenvalue weighted by atomic mass is 9.81. The number of carbonyl (C=O) groups is 2. The molecule has 0 saturated carbocycles. The molecule has 0 spiro atoms. The molecule has 2 saturated heterocycles. The van der Waals surface area contributed by atoms with Gasteiger partial charge in [0.2, 0.25) is 5.91 Å². The number of halogens is 6. The first-order valence-corrected chi connectivity index (χ1v) is 9.56. The van der Waals surface area contributed by atoms with Crippen LogP contribution in [-0.2, 0) is 4.79 Å². The summed E-state index contributed by atoms with van der Waals surface area (Å²) in [5.41, 5.74) is 5.02. The number of primary amides is 1. The van der Waals surface area contributed by atoms with Crippen molar-refractivity contribution in [1.29, 1.82) is 0 Å². The number of alkyl halides is 3. The highest BCUT2D eigenvalue weighted by molar-refractivity contribution is 6.31. The Kier molecular flexibility index (Phi) is 6.15. The number of nitrogens with zero attached hydrogens (tertiary/aromatic N) is 2. The Morgan fingerprint density at radius 1 is 1.33 bits per heavy atom. The SMILES string of the molecule is CN1CC[C@@H]([C@H](c2ccc(F)c(Cl)c2F)N2CC(C(N)=O)NC2=O)C[C@@H]1C(F)(F)F. The van der Waals surface area contributed by atoms with Gasteiger partial charge in [-0.1, -0.05) is 17.7 Å². The topological polar surface area (TPSA) is 78.7 Å². The molecule has 12 heteroatoms. The van der Waals surface area contributed by atoms with Crippen LogP contribution in [0.3, 0.4) is 0 Å². The molecule has 166 valence electrons. The average Bonchev–Trinajstić information content (AvgIpc) is 3.04. The number of amides is 3. The van der Waals surface area contributed by atoms with Gasteiger partial charge in [0.15, 0.2) is 0 Å². The number of hydrogen-bond donors (Lipinski definition) is 2. The van der Waals surface area contributed by atoms with E-state index in [4.69, 9.17) is 17.3 Å². The maximum absolute atomic E-state index is 14.9. The minimum Gasteiger partial charge on any atom is -0.368 e. The van der Waals surface area contributed by atoms with E-state index in [1.54, 1.807) is 0 Å². The quantitative estimate of drug-likeness (QED) is 0.542. The highest BCUT2D eigenvalue weighted by Gasteiger charge is 2.49. The molecule has 3 rings (SSSR count). The van der Waals surface area contributed by atoms with Crippen LogP contribution in [0.2, 0.25) is 5.02 Å². The minimum absolute atomic E-state index is 0.0522. The smallest absolute Gasteiger partial charge is 0.368 e. The summed E-state index contributed by atoms with van der Waals surface area (Å²) in [5.74, 6) is -3.84. The summed E-state index contributed by atoms with van der Waals surface area (Å²) in [6, 6.07) is -2.88. The van der Waals surface area contributed by atoms with Crippen molar-refractivity contribution in [2.45, 2.75) is 37.1 Å². The second kappa shape index (κ2) is 8.18. The first-order valence-electron chi connectivity index (χ1n) is 9.18. The number of carbonyl (C=O) groups excluding carboxylic acids is 2. The van der Waals surface area contributed by atoms with Crippen LogP contribution >= 0.6 is 11.6 Å². The highest BCUT2D eigenvalue weighted by atomic mass is 35.5. The molecule has 2 aliphatic rings. The van der Waals surface area contributed by atoms with Gasteiger partial charge in [-0.3, -0.25) is 9.69 Å². The average molecular weight is 455 g/mol. The summed E-state index contributed by atoms with van der Waals surface area (Å²) in [7, 11) is 1.34. The van der Waals surface area contributed by atoms with Gasteiger partial charge in [0, 0.05) is 5.56 Å². The molecule has 2 heterocycles. The van der Waals surface area contributed by atoms with Crippen molar-refractivity contribution < 1.29 is 31.5 Å². The molecule has 1 aromatic carbocycles. The number of hydrogen-bond acceptors (Lipinski definition) is 3. The first-order chi connectivity index (χ1) is 13.9. The number of benzene rings is 1. The molecule has 1 unspecified atom stereocenters. The Bertz CT molecular complexity index is 853. The van der Waals surface area contributed by atoms with Crippen LogP contribution in [-0.4, -0.2) is 60.1 Å². The first kappa shape index (κ1) is 22.5. The number of nitrogens with one attached hydrogen (secondary N) is 1. The Morgan fingerprint density at radius 2 is 2.00 bits per heavy atom. The minimum atomic E-state index is -4.53. The lowest BCUT2D eigenvalue weighted by molar-refractivity contribution is -0.193. The largest absolute Gasteiger partial charge is 0.404 e. The zero-order chi connectivity index (χ0) is 22.4. The summed E-state index contributed by atoms with van der Waals surface area (Å²) < 4.78 is 69.1. The molecule has 0 aliphatic carbocycles. The van der Waals surface area contributed by atoms with E-state index < -0.39 is 65.2 Å². The van der Waals surface area contributed by atoms with E-state index in [0.717, 1.165) is 21.9 Å². The Morgan fingerprint density at radius 3 is 2.57 bits per heavy atom. The van der Waals surface area contributed by atoms with Crippen molar-refractivity contribution in [2.24, 2.45) is 11.7 Å². The predicted molar refractivity (Wildman–Crippen MR) is 97.5 cm³/mol. The van der Waals surface area contributed by atoms with E-state index >= 15 is 0 Å². The van der Waals surface area contributed by atoms with E-state index in [1.807, 2.05) is 0 Å². The number of piperidine rings is 1. The van der Waals surface area contributed by atoms with Gasteiger partial charge >= 0.3 is 12.2 Å². The summed E-state index contributed by atoms with van der Waals surface area (Å²) in [4.78, 5) is 26.2. The van der Waals surface area contributed by atoms with Gasteiger partial charge in [-0.25, -0.2) is 13.6 Å². The summed E-state index contributed by atoms with van der Waals surface area (Å²) in [5, 5.41) is 1.52. The normalized spacial score (nSPS) is 26.6. The molecule has 6 nitrogen and oxygen atoms in total. The molecule has 0 aromatic heterocycles. The van der Waals surface area contributed by atoms with Crippen molar-refractivity contribution in [1.82, 2.24) is 15.1 Å². The maximum atomic E-state index is 14.9. The van der Waals surface area contributed by atoms with Crippen LogP contribution in [0.4, 0.5) is 26.7 Å². The van der Waals surface area contributed by atoms with Crippen LogP contribution in [0.1, 0.15) is 24.4 Å². The highest BCUT2D eigenvalue weighted by Crippen LogP contribution is 2.43. The van der Waals surface area contributed by atoms with Gasteiger partial charge < -0.3 is 16.0 Å². The van der Waals surface area contributed by atoms with Crippen molar-refractivity contribution >= 4 is 23.5 Å². The molecule has 2 fully saturated rings. The fourth-order valence-corrected chi connectivity index (χ4v) is 4.36. The Balaban J connectivity index is 2.04. The zero-order valence-corrected chi connectivity index (χ0v) is 16.6. The van der Waals surface area contributed by atoms with Gasteiger partial charge in [-0.2, -0.15) is 13.2 Å². The zero-order valence-electron chi connectivity index (χ0n) is 15.8. The molecule has 2 aliphatic heterocycles. The third-order valence-corrected chi connectivity index (χ3v) is 6.08. The molecule has 1 aromatic rings. The van der Waals surface area contributed by atoms with E-state index in [2.05, 4.69) is 5.32 Å². The lowest BCUT2D eigenvalue weighted by Gasteiger charge is -2.43. The monoisotopic (exact) mass is 454 g/mol. The summed E-state index contributed by atoms with van der Waals surface area (Å²) in [6.45, 7) is -0.201. The van der Waals surface area contributed by atoms with Crippen LogP contribution in [0, 0.1) is 17.6 Å². The molecule has 3 N–H and O–H groups in total. The fourth-order valence-electron chi connectivity index (χ4n) is 4.18. The number of rotatable bonds is 4. The van der Waals surface area contributed by atoms with Crippen molar-refractivity contribution in [2.75, 3.05) is 20.1 Å². The molecule has 30 heavy (non-hydrogen) atoms. The van der Waals surface area contributed by atoms with Gasteiger partial charge in [0.05, 0.1) is 12.6 Å². The lowest BCUT2D eigenvalue weighted by Crippen LogP contribution is -2.51. The summed E-state index contributed by atoms with van der Waals surface area (Å²) >= 11 is 5.68.